The van der Waals surface area contributed by atoms with Crippen LogP contribution in [0.3, 0.4) is 0 Å². The molecule has 82 valence electrons. The lowest BCUT2D eigenvalue weighted by Gasteiger charge is -2.19. The maximum Gasteiger partial charge on any atom is 0.135 e. The van der Waals surface area contributed by atoms with Crippen LogP contribution in [-0.4, -0.2) is 0 Å². The van der Waals surface area contributed by atoms with Crippen LogP contribution in [0, 0.1) is 0 Å². The highest BCUT2D eigenvalue weighted by Gasteiger charge is 2.15. The van der Waals surface area contributed by atoms with Crippen LogP contribution >= 0.6 is 0 Å². The number of rotatable bonds is 1. The minimum Gasteiger partial charge on any atom is -0.456 e. The van der Waals surface area contributed by atoms with Crippen molar-refractivity contribution in [3.63, 3.8) is 0 Å². The molecule has 1 aliphatic rings. The van der Waals surface area contributed by atoms with Gasteiger partial charge in [0.05, 0.1) is 0 Å². The summed E-state index contributed by atoms with van der Waals surface area (Å²) in [4.78, 5) is 0. The van der Waals surface area contributed by atoms with Gasteiger partial charge in [0, 0.05) is 11.1 Å². The molecule has 0 spiro atoms. The lowest BCUT2D eigenvalue weighted by Crippen LogP contribution is -2.02. The summed E-state index contributed by atoms with van der Waals surface area (Å²) in [5, 5.41) is 0. The second kappa shape index (κ2) is 3.95. The van der Waals surface area contributed by atoms with Crippen molar-refractivity contribution in [3.8, 4) is 5.75 Å². The molecule has 1 aliphatic heterocycles. The molecule has 0 unspecified atom stereocenters. The van der Waals surface area contributed by atoms with Crippen LogP contribution < -0.4 is 4.74 Å². The summed E-state index contributed by atoms with van der Waals surface area (Å²) in [5.41, 5.74) is 3.13. The molecule has 1 heteroatoms. The van der Waals surface area contributed by atoms with Gasteiger partial charge in [-0.2, -0.15) is 0 Å². The first kappa shape index (κ1) is 9.91. The summed E-state index contributed by atoms with van der Waals surface area (Å²) in [6.07, 6.45) is 1.98. The molecule has 0 saturated carbocycles. The first-order valence-corrected chi connectivity index (χ1v) is 5.58. The van der Waals surface area contributed by atoms with E-state index >= 15 is 0 Å². The maximum absolute atomic E-state index is 5.89. The molecule has 3 rings (SSSR count). The minimum atomic E-state index is 0.856. The fraction of sp³-hybridized carbons (Fsp3) is 0. The third-order valence-electron chi connectivity index (χ3n) is 2.82. The van der Waals surface area contributed by atoms with Gasteiger partial charge in [-0.05, 0) is 17.7 Å². The molecule has 17 heavy (non-hydrogen) atoms. The summed E-state index contributed by atoms with van der Waals surface area (Å²) in [5.74, 6) is 1.73. The van der Waals surface area contributed by atoms with Crippen molar-refractivity contribution in [2.45, 2.75) is 0 Å². The summed E-state index contributed by atoms with van der Waals surface area (Å²) < 4.78 is 5.89. The number of benzene rings is 2. The Morgan fingerprint density at radius 2 is 1.53 bits per heavy atom. The van der Waals surface area contributed by atoms with E-state index in [1.165, 1.54) is 0 Å². The molecule has 0 bridgehead atoms. The normalized spacial score (nSPS) is 13.6. The molecule has 0 aliphatic carbocycles. The fourth-order valence-corrected chi connectivity index (χ4v) is 1.95. The van der Waals surface area contributed by atoms with Gasteiger partial charge in [-0.1, -0.05) is 55.1 Å². The van der Waals surface area contributed by atoms with Crippen LogP contribution in [0.5, 0.6) is 5.75 Å². The van der Waals surface area contributed by atoms with Gasteiger partial charge < -0.3 is 4.74 Å². The van der Waals surface area contributed by atoms with E-state index in [1.54, 1.807) is 0 Å². The van der Waals surface area contributed by atoms with E-state index in [0.29, 0.717) is 0 Å². The molecule has 0 saturated heterocycles. The molecule has 2 aromatic rings. The van der Waals surface area contributed by atoms with Gasteiger partial charge in [-0.15, -0.1) is 0 Å². The zero-order valence-corrected chi connectivity index (χ0v) is 9.39. The van der Waals surface area contributed by atoms with Gasteiger partial charge in [-0.25, -0.2) is 0 Å². The fourth-order valence-electron chi connectivity index (χ4n) is 1.95. The van der Waals surface area contributed by atoms with Crippen LogP contribution in [0.25, 0.3) is 11.3 Å². The Kier molecular flexibility index (Phi) is 2.30. The van der Waals surface area contributed by atoms with Crippen molar-refractivity contribution < 1.29 is 4.74 Å². The first-order chi connectivity index (χ1) is 8.34. The molecule has 1 nitrogen and oxygen atoms in total. The SMILES string of the molecule is C=C1C=C(c2ccccc2)Oc2ccccc21. The van der Waals surface area contributed by atoms with E-state index in [0.717, 1.165) is 28.2 Å². The summed E-state index contributed by atoms with van der Waals surface area (Å²) in [6.45, 7) is 4.07. The van der Waals surface area contributed by atoms with E-state index in [2.05, 4.69) is 6.58 Å². The quantitative estimate of drug-likeness (QED) is 0.702. The van der Waals surface area contributed by atoms with Gasteiger partial charge in [0.15, 0.2) is 0 Å². The zero-order chi connectivity index (χ0) is 11.7. The van der Waals surface area contributed by atoms with Crippen LogP contribution in [0.4, 0.5) is 0 Å². The van der Waals surface area contributed by atoms with E-state index in [-0.39, 0.29) is 0 Å². The predicted molar refractivity (Wildman–Crippen MR) is 70.5 cm³/mol. The standard InChI is InChI=1S/C16H12O/c1-12-11-16(13-7-3-2-4-8-13)17-15-10-6-5-9-14(12)15/h2-11H,1H2. The number of hydrogen-bond acceptors (Lipinski definition) is 1. The number of allylic oxidation sites excluding steroid dienone is 2. The average Bonchev–Trinajstić information content (AvgIpc) is 2.40. The van der Waals surface area contributed by atoms with Crippen LogP contribution in [0.15, 0.2) is 67.3 Å². The van der Waals surface area contributed by atoms with Crippen molar-refractivity contribution in [1.29, 1.82) is 0 Å². The molecule has 1 heterocycles. The van der Waals surface area contributed by atoms with Crippen molar-refractivity contribution in [3.05, 3.63) is 78.4 Å². The highest BCUT2D eigenvalue weighted by atomic mass is 16.5. The highest BCUT2D eigenvalue weighted by molar-refractivity contribution is 5.86. The molecule has 0 amide bonds. The number of para-hydroxylation sites is 1. The van der Waals surface area contributed by atoms with Gasteiger partial charge in [0.25, 0.3) is 0 Å². The Balaban J connectivity index is 2.05. The smallest absolute Gasteiger partial charge is 0.135 e. The topological polar surface area (TPSA) is 9.23 Å². The Morgan fingerprint density at radius 3 is 2.35 bits per heavy atom. The largest absolute Gasteiger partial charge is 0.456 e. The first-order valence-electron chi connectivity index (χ1n) is 5.58. The van der Waals surface area contributed by atoms with E-state index in [4.69, 9.17) is 4.74 Å². The van der Waals surface area contributed by atoms with Gasteiger partial charge in [0.2, 0.25) is 0 Å². The Labute approximate surface area is 101 Å². The zero-order valence-electron chi connectivity index (χ0n) is 9.39. The highest BCUT2D eigenvalue weighted by Crippen LogP contribution is 2.35. The molecule has 0 N–H and O–H groups in total. The number of hydrogen-bond donors (Lipinski definition) is 0. The third-order valence-corrected chi connectivity index (χ3v) is 2.82. The second-order valence-corrected chi connectivity index (χ2v) is 4.00. The van der Waals surface area contributed by atoms with Crippen molar-refractivity contribution in [1.82, 2.24) is 0 Å². The number of fused-ring (bicyclic) bond motifs is 1. The summed E-state index contributed by atoms with van der Waals surface area (Å²) >= 11 is 0. The summed E-state index contributed by atoms with van der Waals surface area (Å²) in [6, 6.07) is 18.0. The molecular formula is C16H12O. The molecule has 0 radical (unpaired) electrons. The van der Waals surface area contributed by atoms with Crippen molar-refractivity contribution in [2.75, 3.05) is 0 Å². The summed E-state index contributed by atoms with van der Waals surface area (Å²) in [7, 11) is 0. The van der Waals surface area contributed by atoms with E-state index in [1.807, 2.05) is 60.7 Å². The minimum absolute atomic E-state index is 0.856. The van der Waals surface area contributed by atoms with Crippen LogP contribution in [-0.2, 0) is 0 Å². The van der Waals surface area contributed by atoms with Crippen molar-refractivity contribution >= 4 is 11.3 Å². The van der Waals surface area contributed by atoms with E-state index < -0.39 is 0 Å². The molecule has 0 aromatic heterocycles. The molecule has 2 aromatic carbocycles. The average molecular weight is 220 g/mol. The molecular weight excluding hydrogens is 208 g/mol. The third kappa shape index (κ3) is 1.76. The monoisotopic (exact) mass is 220 g/mol. The lowest BCUT2D eigenvalue weighted by molar-refractivity contribution is 0.509. The van der Waals surface area contributed by atoms with Gasteiger partial charge in [-0.3, -0.25) is 0 Å². The van der Waals surface area contributed by atoms with Crippen LogP contribution in [0.1, 0.15) is 11.1 Å². The molecule has 0 fully saturated rings. The van der Waals surface area contributed by atoms with Gasteiger partial charge >= 0.3 is 0 Å². The Morgan fingerprint density at radius 1 is 0.824 bits per heavy atom. The molecule has 0 atom stereocenters. The van der Waals surface area contributed by atoms with Crippen molar-refractivity contribution in [2.24, 2.45) is 0 Å². The number of ether oxygens (including phenoxy) is 1. The Hall–Kier alpha value is -2.28. The maximum atomic E-state index is 5.89. The predicted octanol–water partition coefficient (Wildman–Crippen LogP) is 4.13. The van der Waals surface area contributed by atoms with Gasteiger partial charge in [0.1, 0.15) is 11.5 Å². The van der Waals surface area contributed by atoms with Crippen LogP contribution in [0.2, 0.25) is 0 Å². The Bertz CT molecular complexity index is 594. The lowest BCUT2D eigenvalue weighted by atomic mass is 10.0. The second-order valence-electron chi connectivity index (χ2n) is 4.00. The van der Waals surface area contributed by atoms with E-state index in [9.17, 15) is 0 Å².